The van der Waals surface area contributed by atoms with Gasteiger partial charge in [0.1, 0.15) is 5.75 Å². The lowest BCUT2D eigenvalue weighted by Gasteiger charge is -2.19. The standard InChI is InChI=1S/C14H13NO7S/c16-9(6-23-11(14(20)21)4-13(18)19)7-1-2-10-8(3-7)15-12(17)5-22-10/h1-3,11H,4-6H2,(H,15,17)(H,18,19)(H,20,21)/p-2/t11-/m0/s1. The van der Waals surface area contributed by atoms with Crippen LogP contribution in [0.1, 0.15) is 16.8 Å². The monoisotopic (exact) mass is 337 g/mol. The first kappa shape index (κ1) is 16.8. The number of hydrogen-bond donors (Lipinski definition) is 1. The van der Waals surface area contributed by atoms with E-state index in [4.69, 9.17) is 4.74 Å². The number of aliphatic carboxylic acids is 2. The molecule has 1 heterocycles. The minimum atomic E-state index is -1.57. The number of ketones is 1. The van der Waals surface area contributed by atoms with Crippen LogP contribution in [0.4, 0.5) is 5.69 Å². The number of nitrogens with one attached hydrogen (secondary N) is 1. The highest BCUT2D eigenvalue weighted by molar-refractivity contribution is 8.01. The van der Waals surface area contributed by atoms with Gasteiger partial charge in [0.15, 0.2) is 12.4 Å². The molecular formula is C14H11NO7S-2. The third-order valence-electron chi connectivity index (χ3n) is 2.96. The van der Waals surface area contributed by atoms with Crippen LogP contribution in [0.25, 0.3) is 0 Å². The van der Waals surface area contributed by atoms with Gasteiger partial charge in [-0.1, -0.05) is 0 Å². The summed E-state index contributed by atoms with van der Waals surface area (Å²) in [5.41, 5.74) is 0.593. The summed E-state index contributed by atoms with van der Waals surface area (Å²) >= 11 is 0.648. The van der Waals surface area contributed by atoms with Crippen molar-refractivity contribution in [3.05, 3.63) is 23.8 Å². The predicted octanol–water partition coefficient (Wildman–Crippen LogP) is -1.81. The molecule has 1 aromatic carbocycles. The van der Waals surface area contributed by atoms with Crippen molar-refractivity contribution in [2.24, 2.45) is 0 Å². The third-order valence-corrected chi connectivity index (χ3v) is 4.16. The van der Waals surface area contributed by atoms with Crippen LogP contribution in [-0.2, 0) is 14.4 Å². The summed E-state index contributed by atoms with van der Waals surface area (Å²) in [6, 6.07) is 4.41. The van der Waals surface area contributed by atoms with E-state index in [1.165, 1.54) is 18.2 Å². The highest BCUT2D eigenvalue weighted by atomic mass is 32.2. The van der Waals surface area contributed by atoms with Gasteiger partial charge in [-0.15, -0.1) is 11.8 Å². The Bertz CT molecular complexity index is 673. The Morgan fingerprint density at radius 2 is 2.04 bits per heavy atom. The van der Waals surface area contributed by atoms with Crippen molar-refractivity contribution in [3.63, 3.8) is 0 Å². The fourth-order valence-electron chi connectivity index (χ4n) is 1.88. The number of thioether (sulfide) groups is 1. The van der Waals surface area contributed by atoms with Gasteiger partial charge >= 0.3 is 0 Å². The minimum Gasteiger partial charge on any atom is -0.550 e. The minimum absolute atomic E-state index is 0.105. The number of carbonyl (C=O) groups excluding carboxylic acids is 4. The normalized spacial score (nSPS) is 14.2. The molecule has 2 rings (SSSR count). The molecule has 0 unspecified atom stereocenters. The summed E-state index contributed by atoms with van der Waals surface area (Å²) < 4.78 is 5.16. The predicted molar refractivity (Wildman–Crippen MR) is 75.8 cm³/mol. The van der Waals surface area contributed by atoms with E-state index >= 15 is 0 Å². The highest BCUT2D eigenvalue weighted by Gasteiger charge is 2.19. The maximum Gasteiger partial charge on any atom is 0.262 e. The molecule has 0 saturated carbocycles. The van der Waals surface area contributed by atoms with E-state index in [-0.39, 0.29) is 23.8 Å². The van der Waals surface area contributed by atoms with Crippen molar-refractivity contribution in [3.8, 4) is 5.75 Å². The molecular weight excluding hydrogens is 326 g/mol. The highest BCUT2D eigenvalue weighted by Crippen LogP contribution is 2.29. The Morgan fingerprint density at radius 3 is 2.70 bits per heavy atom. The maximum absolute atomic E-state index is 12.1. The number of amides is 1. The number of benzene rings is 1. The quantitative estimate of drug-likeness (QED) is 0.575. The fraction of sp³-hybridized carbons (Fsp3) is 0.286. The smallest absolute Gasteiger partial charge is 0.262 e. The molecule has 1 aliphatic heterocycles. The molecule has 0 radical (unpaired) electrons. The van der Waals surface area contributed by atoms with Crippen LogP contribution in [0.2, 0.25) is 0 Å². The molecule has 0 saturated heterocycles. The van der Waals surface area contributed by atoms with Crippen molar-refractivity contribution in [2.45, 2.75) is 11.7 Å². The Kier molecular flexibility index (Phi) is 5.22. The van der Waals surface area contributed by atoms with Crippen LogP contribution < -0.4 is 20.3 Å². The van der Waals surface area contributed by atoms with E-state index in [1.54, 1.807) is 0 Å². The van der Waals surface area contributed by atoms with Gasteiger partial charge in [0.2, 0.25) is 0 Å². The molecule has 1 aromatic rings. The lowest BCUT2D eigenvalue weighted by atomic mass is 10.1. The average molecular weight is 337 g/mol. The SMILES string of the molecule is O=C([O-])C[C@H](SCC(=O)c1ccc2c(c1)NC(=O)CO2)C(=O)[O-]. The van der Waals surface area contributed by atoms with Crippen LogP contribution in [0.3, 0.4) is 0 Å². The van der Waals surface area contributed by atoms with Gasteiger partial charge in [-0.25, -0.2) is 0 Å². The number of anilines is 1. The molecule has 1 amide bonds. The zero-order chi connectivity index (χ0) is 17.0. The molecule has 122 valence electrons. The van der Waals surface area contributed by atoms with Crippen molar-refractivity contribution >= 4 is 41.1 Å². The summed E-state index contributed by atoms with van der Waals surface area (Å²) in [6.45, 7) is -0.105. The van der Waals surface area contributed by atoms with E-state index < -0.39 is 29.4 Å². The van der Waals surface area contributed by atoms with E-state index in [9.17, 15) is 29.4 Å². The van der Waals surface area contributed by atoms with Gasteiger partial charge in [0, 0.05) is 23.2 Å². The van der Waals surface area contributed by atoms with E-state index in [0.29, 0.717) is 23.2 Å². The molecule has 0 spiro atoms. The van der Waals surface area contributed by atoms with Gasteiger partial charge in [-0.05, 0) is 18.2 Å². The first-order valence-electron chi connectivity index (χ1n) is 6.49. The number of rotatable bonds is 7. The number of hydrogen-bond acceptors (Lipinski definition) is 8. The summed E-state index contributed by atoms with van der Waals surface area (Å²) in [6.07, 6.45) is -0.742. The van der Waals surface area contributed by atoms with Crippen molar-refractivity contribution in [1.82, 2.24) is 0 Å². The Balaban J connectivity index is 2.03. The van der Waals surface area contributed by atoms with E-state index in [0.717, 1.165) is 0 Å². The lowest BCUT2D eigenvalue weighted by molar-refractivity contribution is -0.314. The molecule has 0 aliphatic carbocycles. The Morgan fingerprint density at radius 1 is 1.30 bits per heavy atom. The number of carboxylic acids is 2. The molecule has 0 bridgehead atoms. The van der Waals surface area contributed by atoms with Gasteiger partial charge < -0.3 is 29.9 Å². The average Bonchev–Trinajstić information content (AvgIpc) is 2.49. The number of ether oxygens (including phenoxy) is 1. The maximum atomic E-state index is 12.1. The third kappa shape index (κ3) is 4.46. The lowest BCUT2D eigenvalue weighted by Crippen LogP contribution is -2.38. The van der Waals surface area contributed by atoms with Crippen molar-refractivity contribution < 1.29 is 34.1 Å². The number of carbonyl (C=O) groups is 4. The Labute approximate surface area is 134 Å². The molecule has 9 heteroatoms. The molecule has 0 fully saturated rings. The van der Waals surface area contributed by atoms with Crippen LogP contribution in [0, 0.1) is 0 Å². The van der Waals surface area contributed by atoms with Crippen LogP contribution in [-0.4, -0.2) is 41.2 Å². The van der Waals surface area contributed by atoms with Crippen LogP contribution in [0.5, 0.6) is 5.75 Å². The molecule has 1 atom stereocenters. The van der Waals surface area contributed by atoms with Gasteiger partial charge in [-0.3, -0.25) is 9.59 Å². The second-order valence-electron chi connectivity index (χ2n) is 4.67. The zero-order valence-electron chi connectivity index (χ0n) is 11.7. The largest absolute Gasteiger partial charge is 0.550 e. The van der Waals surface area contributed by atoms with Crippen molar-refractivity contribution in [2.75, 3.05) is 17.7 Å². The number of fused-ring (bicyclic) bond motifs is 1. The molecule has 1 N–H and O–H groups in total. The number of Topliss-reactive ketones (excluding diaryl/α,β-unsaturated/α-hetero) is 1. The fourth-order valence-corrected chi connectivity index (χ4v) is 2.79. The van der Waals surface area contributed by atoms with Crippen LogP contribution in [0.15, 0.2) is 18.2 Å². The van der Waals surface area contributed by atoms with Gasteiger partial charge in [0.05, 0.1) is 17.4 Å². The summed E-state index contributed by atoms with van der Waals surface area (Å²) in [4.78, 5) is 44.6. The second-order valence-corrected chi connectivity index (χ2v) is 5.86. The topological polar surface area (TPSA) is 136 Å². The second kappa shape index (κ2) is 7.14. The first-order valence-corrected chi connectivity index (χ1v) is 7.54. The summed E-state index contributed by atoms with van der Waals surface area (Å²) in [7, 11) is 0. The molecule has 23 heavy (non-hydrogen) atoms. The van der Waals surface area contributed by atoms with E-state index in [2.05, 4.69) is 5.32 Å². The molecule has 1 aliphatic rings. The van der Waals surface area contributed by atoms with Gasteiger partial charge in [0.25, 0.3) is 5.91 Å². The summed E-state index contributed by atoms with van der Waals surface area (Å²) in [5, 5.41) is 22.5. The Hall–Kier alpha value is -2.55. The summed E-state index contributed by atoms with van der Waals surface area (Å²) in [5.74, 6) is -3.69. The van der Waals surface area contributed by atoms with Gasteiger partial charge in [-0.2, -0.15) is 0 Å². The zero-order valence-corrected chi connectivity index (χ0v) is 12.5. The van der Waals surface area contributed by atoms with Crippen molar-refractivity contribution in [1.29, 1.82) is 0 Å². The number of carboxylic acid groups (broad SMARTS) is 2. The van der Waals surface area contributed by atoms with Crippen LogP contribution >= 0.6 is 11.8 Å². The first-order chi connectivity index (χ1) is 10.9. The molecule has 0 aromatic heterocycles. The van der Waals surface area contributed by atoms with E-state index in [1.807, 2.05) is 0 Å². The molecule has 8 nitrogen and oxygen atoms in total.